The average Bonchev–Trinajstić information content (AvgIpc) is 3.41. The smallest absolute Gasteiger partial charge is 0.303 e. The van der Waals surface area contributed by atoms with E-state index in [2.05, 4.69) is 20.5 Å². The molecule has 1 fully saturated rings. The van der Waals surface area contributed by atoms with Gasteiger partial charge >= 0.3 is 17.9 Å². The largest absolute Gasteiger partial charge is 0.463 e. The third-order valence-corrected chi connectivity index (χ3v) is 7.18. The van der Waals surface area contributed by atoms with E-state index in [1.165, 1.54) is 12.3 Å². The second-order valence-electron chi connectivity index (χ2n) is 8.93. The zero-order valence-corrected chi connectivity index (χ0v) is 23.9. The molecule has 0 radical (unpaired) electrons. The molecule has 1 aliphatic rings. The van der Waals surface area contributed by atoms with E-state index in [1.807, 2.05) is 0 Å². The number of benzene rings is 1. The van der Waals surface area contributed by atoms with Crippen molar-refractivity contribution in [2.45, 2.75) is 55.6 Å². The lowest BCUT2D eigenvalue weighted by Gasteiger charge is -2.44. The van der Waals surface area contributed by atoms with Crippen LogP contribution in [-0.2, 0) is 33.3 Å². The first-order chi connectivity index (χ1) is 20.4. The molecule has 0 saturated carbocycles. The van der Waals surface area contributed by atoms with Gasteiger partial charge in [-0.25, -0.2) is 17.9 Å². The van der Waals surface area contributed by atoms with Gasteiger partial charge in [-0.2, -0.15) is 5.26 Å². The van der Waals surface area contributed by atoms with E-state index in [0.717, 1.165) is 37.2 Å². The second-order valence-corrected chi connectivity index (χ2v) is 10.5. The molecule has 226 valence electrons. The highest BCUT2D eigenvalue weighted by Crippen LogP contribution is 2.41. The monoisotopic (exact) mass is 640 g/mol. The Hall–Kier alpha value is -4.27. The summed E-state index contributed by atoms with van der Waals surface area (Å²) < 4.78 is 64.9. The number of nitriles is 1. The summed E-state index contributed by atoms with van der Waals surface area (Å²) in [4.78, 5) is 36.1. The highest BCUT2D eigenvalue weighted by Gasteiger charge is 2.52. The zero-order valence-electron chi connectivity index (χ0n) is 22.4. The fraction of sp³-hybridized carbons (Fsp3) is 0.360. The minimum Gasteiger partial charge on any atom is -0.463 e. The van der Waals surface area contributed by atoms with Crippen LogP contribution in [0.4, 0.5) is 13.2 Å². The Morgan fingerprint density at radius 3 is 2.26 bits per heavy atom. The molecule has 3 heterocycles. The van der Waals surface area contributed by atoms with E-state index in [-0.39, 0.29) is 27.0 Å². The third kappa shape index (κ3) is 7.39. The first-order valence-electron chi connectivity index (χ1n) is 12.2. The van der Waals surface area contributed by atoms with Crippen LogP contribution in [0.15, 0.2) is 29.4 Å². The van der Waals surface area contributed by atoms with Crippen molar-refractivity contribution in [3.05, 3.63) is 52.6 Å². The second kappa shape index (κ2) is 13.4. The maximum atomic E-state index is 13.9. The fourth-order valence-electron chi connectivity index (χ4n) is 4.14. The molecule has 1 saturated heterocycles. The number of carbonyl (C=O) groups excluding carboxylic acids is 3. The van der Waals surface area contributed by atoms with Gasteiger partial charge in [0.1, 0.15) is 41.0 Å². The summed E-state index contributed by atoms with van der Waals surface area (Å²) in [6, 6.07) is 3.28. The van der Waals surface area contributed by atoms with E-state index < -0.39 is 71.8 Å². The van der Waals surface area contributed by atoms with Gasteiger partial charge in [0, 0.05) is 26.3 Å². The van der Waals surface area contributed by atoms with Gasteiger partial charge in [0.05, 0.1) is 11.2 Å². The van der Waals surface area contributed by atoms with Crippen molar-refractivity contribution >= 4 is 41.3 Å². The van der Waals surface area contributed by atoms with Crippen LogP contribution in [0.3, 0.4) is 0 Å². The molecule has 5 atom stereocenters. The number of carbonyl (C=O) groups is 3. The minimum absolute atomic E-state index is 0.0228. The van der Waals surface area contributed by atoms with E-state index in [4.69, 9.17) is 35.8 Å². The highest BCUT2D eigenvalue weighted by atomic mass is 35.5. The molecule has 0 bridgehead atoms. The van der Waals surface area contributed by atoms with E-state index >= 15 is 0 Å². The van der Waals surface area contributed by atoms with Crippen LogP contribution in [-0.4, -0.2) is 73.5 Å². The Morgan fingerprint density at radius 1 is 1.02 bits per heavy atom. The van der Waals surface area contributed by atoms with Crippen molar-refractivity contribution in [3.63, 3.8) is 0 Å². The van der Waals surface area contributed by atoms with Crippen molar-refractivity contribution in [2.75, 3.05) is 6.61 Å². The van der Waals surface area contributed by atoms with Gasteiger partial charge < -0.3 is 18.9 Å². The molecule has 0 amide bonds. The summed E-state index contributed by atoms with van der Waals surface area (Å²) in [5.41, 5.74) is -1.60. The van der Waals surface area contributed by atoms with E-state index in [1.54, 1.807) is 6.07 Å². The van der Waals surface area contributed by atoms with Gasteiger partial charge in [-0.05, 0) is 18.2 Å². The number of rotatable bonds is 8. The summed E-state index contributed by atoms with van der Waals surface area (Å²) >= 11 is 6.96. The van der Waals surface area contributed by atoms with Crippen LogP contribution in [0.25, 0.3) is 11.3 Å². The summed E-state index contributed by atoms with van der Waals surface area (Å²) in [5, 5.41) is 24.8. The molecule has 13 nitrogen and oxygen atoms in total. The van der Waals surface area contributed by atoms with Gasteiger partial charge in [0.15, 0.2) is 35.4 Å². The summed E-state index contributed by atoms with van der Waals surface area (Å²) in [6.07, 6.45) is -2.63. The molecule has 5 unspecified atom stereocenters. The molecule has 0 N–H and O–H groups in total. The Labute approximate surface area is 250 Å². The van der Waals surface area contributed by atoms with Crippen LogP contribution in [0.5, 0.6) is 0 Å². The van der Waals surface area contributed by atoms with Crippen LogP contribution >= 0.6 is 23.4 Å². The molecule has 2 aromatic heterocycles. The predicted molar refractivity (Wildman–Crippen MR) is 138 cm³/mol. The molecule has 43 heavy (non-hydrogen) atoms. The van der Waals surface area contributed by atoms with Gasteiger partial charge in [-0.15, -0.1) is 15.3 Å². The Bertz CT molecular complexity index is 1580. The Balaban J connectivity index is 1.82. The maximum Gasteiger partial charge on any atom is 0.303 e. The third-order valence-electron chi connectivity index (χ3n) is 5.83. The van der Waals surface area contributed by atoms with Crippen molar-refractivity contribution in [3.8, 4) is 17.3 Å². The molecule has 0 aliphatic carbocycles. The lowest BCUT2D eigenvalue weighted by molar-refractivity contribution is -0.212. The van der Waals surface area contributed by atoms with E-state index in [0.29, 0.717) is 12.1 Å². The molecule has 4 rings (SSSR count). The topological polar surface area (TPSA) is 168 Å². The number of esters is 3. The molecule has 0 spiro atoms. The quantitative estimate of drug-likeness (QED) is 0.200. The predicted octanol–water partition coefficient (Wildman–Crippen LogP) is 3.16. The highest BCUT2D eigenvalue weighted by molar-refractivity contribution is 7.99. The van der Waals surface area contributed by atoms with Crippen LogP contribution in [0.2, 0.25) is 5.02 Å². The molecule has 3 aromatic rings. The van der Waals surface area contributed by atoms with Gasteiger partial charge in [-0.3, -0.25) is 14.4 Å². The first-order valence-corrected chi connectivity index (χ1v) is 13.4. The zero-order chi connectivity index (χ0) is 31.4. The van der Waals surface area contributed by atoms with Crippen molar-refractivity contribution < 1.29 is 46.5 Å². The SMILES string of the molecule is CC(=O)OCC1OC(Sc2cc(Cl)c(C#N)nn2)C(OC(C)=O)C(n2cc(-c3cc(F)c(F)c(F)c3)nn2)C1OC(C)=O. The average molecular weight is 641 g/mol. The number of ether oxygens (including phenoxy) is 4. The summed E-state index contributed by atoms with van der Waals surface area (Å²) in [6.45, 7) is 2.93. The van der Waals surface area contributed by atoms with Gasteiger partial charge in [0.25, 0.3) is 0 Å². The number of aromatic nitrogens is 5. The normalized spacial score (nSPS) is 21.5. The van der Waals surface area contributed by atoms with Crippen molar-refractivity contribution in [2.24, 2.45) is 0 Å². The van der Waals surface area contributed by atoms with Crippen molar-refractivity contribution in [1.82, 2.24) is 25.2 Å². The number of thioether (sulfide) groups is 1. The van der Waals surface area contributed by atoms with E-state index in [9.17, 15) is 27.6 Å². The molecular weight excluding hydrogens is 621 g/mol. The molecule has 1 aromatic carbocycles. The summed E-state index contributed by atoms with van der Waals surface area (Å²) in [5.74, 6) is -6.86. The standard InChI is InChI=1S/C25H20ClF3N6O7S/c1-10(36)39-9-19-23(40-11(2)37)22(35-8-18(32-34-35)13-4-15(27)21(29)16(28)5-13)24(41-12(3)38)25(42-19)43-20-6-14(26)17(7-30)31-33-20/h4-6,8,19,22-25H,9H2,1-3H3. The molecule has 18 heteroatoms. The summed E-state index contributed by atoms with van der Waals surface area (Å²) in [7, 11) is 0. The number of hydrogen-bond acceptors (Lipinski definition) is 13. The minimum atomic E-state index is -1.68. The molecular formula is C25H20ClF3N6O7S. The van der Waals surface area contributed by atoms with Crippen LogP contribution in [0, 0.1) is 28.8 Å². The first kappa shape index (κ1) is 31.7. The maximum absolute atomic E-state index is 13.9. The number of nitrogens with zero attached hydrogens (tertiary/aromatic N) is 6. The number of halogens is 4. The van der Waals surface area contributed by atoms with Gasteiger partial charge in [0.2, 0.25) is 0 Å². The molecule has 1 aliphatic heterocycles. The number of hydrogen-bond donors (Lipinski definition) is 0. The lowest BCUT2D eigenvalue weighted by Crippen LogP contribution is -2.57. The van der Waals surface area contributed by atoms with Crippen LogP contribution < -0.4 is 0 Å². The lowest BCUT2D eigenvalue weighted by atomic mass is 9.96. The Morgan fingerprint density at radius 2 is 1.67 bits per heavy atom. The van der Waals surface area contributed by atoms with Gasteiger partial charge in [-0.1, -0.05) is 28.6 Å². The fourth-order valence-corrected chi connectivity index (χ4v) is 5.45. The Kier molecular flexibility index (Phi) is 9.84. The van der Waals surface area contributed by atoms with Crippen LogP contribution in [0.1, 0.15) is 32.5 Å². The van der Waals surface area contributed by atoms with Crippen molar-refractivity contribution in [1.29, 1.82) is 5.26 Å².